The van der Waals surface area contributed by atoms with Crippen molar-refractivity contribution in [3.05, 3.63) is 100 Å². The Labute approximate surface area is 232 Å². The molecular formula is C34H40N2O3. The molecule has 0 fully saturated rings. The number of nitrogens with zero attached hydrogens (tertiary/aromatic N) is 2. The second-order valence-electron chi connectivity index (χ2n) is 12.2. The molecule has 204 valence electrons. The van der Waals surface area contributed by atoms with E-state index in [0.717, 1.165) is 30.6 Å². The number of carbonyl (C=O) groups is 2. The predicted molar refractivity (Wildman–Crippen MR) is 161 cm³/mol. The first-order valence-electron chi connectivity index (χ1n) is 13.5. The van der Waals surface area contributed by atoms with Gasteiger partial charge in [0.05, 0.1) is 5.56 Å². The summed E-state index contributed by atoms with van der Waals surface area (Å²) in [5.41, 5.74) is 7.68. The number of rotatable bonds is 8. The van der Waals surface area contributed by atoms with E-state index in [1.54, 1.807) is 36.4 Å². The van der Waals surface area contributed by atoms with Crippen molar-refractivity contribution in [2.24, 2.45) is 0 Å². The highest BCUT2D eigenvalue weighted by atomic mass is 16.4. The van der Waals surface area contributed by atoms with Gasteiger partial charge in [0, 0.05) is 44.6 Å². The first kappa shape index (κ1) is 28.2. The first-order chi connectivity index (χ1) is 18.3. The molecule has 0 unspecified atom stereocenters. The number of ketones is 1. The van der Waals surface area contributed by atoms with Crippen molar-refractivity contribution >= 4 is 29.2 Å². The van der Waals surface area contributed by atoms with E-state index >= 15 is 0 Å². The molecule has 0 aromatic heterocycles. The summed E-state index contributed by atoms with van der Waals surface area (Å²) in [6, 6.07) is 19.3. The van der Waals surface area contributed by atoms with E-state index in [0.29, 0.717) is 5.56 Å². The summed E-state index contributed by atoms with van der Waals surface area (Å²) in [5, 5.41) is 9.14. The Balaban J connectivity index is 1.72. The zero-order valence-electron chi connectivity index (χ0n) is 24.2. The maximum atomic E-state index is 13.5. The predicted octanol–water partition coefficient (Wildman–Crippen LogP) is 7.33. The normalized spacial score (nSPS) is 15.6. The standard InChI is InChI=1S/C34H40N2O3/c1-33(2)18-19-34(3,4)31-28(33)20-26(30(37)17-12-23-8-13-25(14-9-23)32(38)39)21-29(31)36(7)22-24-10-15-27(16-11-24)35(5)6/h8-17,20-21H,18-19,22H2,1-7H3,(H,38,39). The zero-order valence-corrected chi connectivity index (χ0v) is 24.2. The van der Waals surface area contributed by atoms with E-state index in [2.05, 4.69) is 80.9 Å². The van der Waals surface area contributed by atoms with Crippen molar-refractivity contribution in [1.82, 2.24) is 0 Å². The smallest absolute Gasteiger partial charge is 0.335 e. The lowest BCUT2D eigenvalue weighted by atomic mass is 9.62. The molecule has 0 saturated heterocycles. The molecule has 1 N–H and O–H groups in total. The van der Waals surface area contributed by atoms with E-state index in [1.165, 1.54) is 22.4 Å². The third-order valence-corrected chi connectivity index (χ3v) is 8.05. The number of aromatic carboxylic acids is 1. The van der Waals surface area contributed by atoms with Crippen LogP contribution in [-0.2, 0) is 17.4 Å². The molecule has 0 atom stereocenters. The number of carboxylic acids is 1. The van der Waals surface area contributed by atoms with Gasteiger partial charge in [0.2, 0.25) is 0 Å². The Bertz CT molecular complexity index is 1400. The minimum absolute atomic E-state index is 0.00741. The summed E-state index contributed by atoms with van der Waals surface area (Å²) in [5.74, 6) is -1.03. The number of allylic oxidation sites excluding steroid dienone is 1. The highest BCUT2D eigenvalue weighted by Crippen LogP contribution is 2.50. The number of fused-ring (bicyclic) bond motifs is 1. The number of hydrogen-bond donors (Lipinski definition) is 1. The minimum Gasteiger partial charge on any atom is -0.478 e. The molecule has 0 radical (unpaired) electrons. The average Bonchev–Trinajstić information content (AvgIpc) is 2.89. The summed E-state index contributed by atoms with van der Waals surface area (Å²) in [6.45, 7) is 9.91. The van der Waals surface area contributed by atoms with Gasteiger partial charge in [-0.2, -0.15) is 0 Å². The summed E-state index contributed by atoms with van der Waals surface area (Å²) in [7, 11) is 6.19. The van der Waals surface area contributed by atoms with E-state index < -0.39 is 5.97 Å². The molecule has 1 aliphatic carbocycles. The molecule has 4 rings (SSSR count). The molecule has 39 heavy (non-hydrogen) atoms. The largest absolute Gasteiger partial charge is 0.478 e. The van der Waals surface area contributed by atoms with Crippen molar-refractivity contribution in [3.8, 4) is 0 Å². The molecule has 5 heteroatoms. The summed E-state index contributed by atoms with van der Waals surface area (Å²) >= 11 is 0. The van der Waals surface area contributed by atoms with Crippen molar-refractivity contribution in [2.75, 3.05) is 30.9 Å². The maximum Gasteiger partial charge on any atom is 0.335 e. The van der Waals surface area contributed by atoms with Gasteiger partial charge in [0.1, 0.15) is 0 Å². The van der Waals surface area contributed by atoms with Gasteiger partial charge in [-0.1, -0.05) is 58.0 Å². The van der Waals surface area contributed by atoms with Crippen LogP contribution in [0.4, 0.5) is 11.4 Å². The van der Waals surface area contributed by atoms with Crippen LogP contribution < -0.4 is 9.80 Å². The quantitative estimate of drug-likeness (QED) is 0.247. The van der Waals surface area contributed by atoms with E-state index in [-0.39, 0.29) is 22.2 Å². The van der Waals surface area contributed by atoms with Gasteiger partial charge in [0.25, 0.3) is 0 Å². The van der Waals surface area contributed by atoms with Crippen molar-refractivity contribution in [1.29, 1.82) is 0 Å². The van der Waals surface area contributed by atoms with Crippen LogP contribution in [0.2, 0.25) is 0 Å². The van der Waals surface area contributed by atoms with Crippen LogP contribution in [0.3, 0.4) is 0 Å². The number of hydrogen-bond acceptors (Lipinski definition) is 4. The highest BCUT2D eigenvalue weighted by molar-refractivity contribution is 6.07. The number of carbonyl (C=O) groups excluding carboxylic acids is 1. The van der Waals surface area contributed by atoms with Crippen LogP contribution in [0.25, 0.3) is 6.08 Å². The Hall–Kier alpha value is -3.86. The van der Waals surface area contributed by atoms with Crippen molar-refractivity contribution in [2.45, 2.75) is 57.9 Å². The fourth-order valence-electron chi connectivity index (χ4n) is 5.46. The van der Waals surface area contributed by atoms with Crippen LogP contribution in [0.1, 0.15) is 83.5 Å². The maximum absolute atomic E-state index is 13.5. The molecule has 0 bridgehead atoms. The lowest BCUT2D eigenvalue weighted by Crippen LogP contribution is -2.36. The Kier molecular flexibility index (Phi) is 7.74. The van der Waals surface area contributed by atoms with E-state index in [1.807, 2.05) is 14.1 Å². The second-order valence-corrected chi connectivity index (χ2v) is 12.2. The van der Waals surface area contributed by atoms with Crippen LogP contribution in [-0.4, -0.2) is 38.0 Å². The topological polar surface area (TPSA) is 60.9 Å². The van der Waals surface area contributed by atoms with Gasteiger partial charge in [-0.25, -0.2) is 4.79 Å². The summed E-state index contributed by atoms with van der Waals surface area (Å²) in [4.78, 5) is 29.0. The second kappa shape index (κ2) is 10.7. The van der Waals surface area contributed by atoms with E-state index in [4.69, 9.17) is 5.11 Å². The van der Waals surface area contributed by atoms with Crippen molar-refractivity contribution in [3.63, 3.8) is 0 Å². The number of carboxylic acid groups (broad SMARTS) is 1. The van der Waals surface area contributed by atoms with Gasteiger partial charge in [-0.15, -0.1) is 0 Å². The Morgan fingerprint density at radius 1 is 0.846 bits per heavy atom. The SMILES string of the molecule is CN(C)c1ccc(CN(C)c2cc(C(=O)C=Cc3ccc(C(=O)O)cc3)cc3c2C(C)(C)CCC3(C)C)cc1. The molecule has 0 spiro atoms. The highest BCUT2D eigenvalue weighted by Gasteiger charge is 2.40. The lowest BCUT2D eigenvalue weighted by Gasteiger charge is -2.44. The first-order valence-corrected chi connectivity index (χ1v) is 13.5. The molecule has 0 heterocycles. The molecule has 3 aromatic rings. The van der Waals surface area contributed by atoms with Gasteiger partial charge in [-0.3, -0.25) is 4.79 Å². The van der Waals surface area contributed by atoms with Crippen LogP contribution in [0.5, 0.6) is 0 Å². The molecule has 0 aliphatic heterocycles. The molecular weight excluding hydrogens is 484 g/mol. The Morgan fingerprint density at radius 2 is 1.46 bits per heavy atom. The van der Waals surface area contributed by atoms with Gasteiger partial charge in [-0.05, 0) is 88.4 Å². The average molecular weight is 525 g/mol. The number of benzene rings is 3. The molecule has 3 aromatic carbocycles. The third kappa shape index (κ3) is 6.08. The zero-order chi connectivity index (χ0) is 28.5. The minimum atomic E-state index is -0.966. The van der Waals surface area contributed by atoms with Crippen LogP contribution in [0, 0.1) is 0 Å². The van der Waals surface area contributed by atoms with Crippen molar-refractivity contribution < 1.29 is 14.7 Å². The monoisotopic (exact) mass is 524 g/mol. The molecule has 0 amide bonds. The molecule has 1 aliphatic rings. The molecule has 0 saturated carbocycles. The van der Waals surface area contributed by atoms with Gasteiger partial charge >= 0.3 is 5.97 Å². The molecule has 5 nitrogen and oxygen atoms in total. The van der Waals surface area contributed by atoms with Gasteiger partial charge < -0.3 is 14.9 Å². The fraction of sp³-hybridized carbons (Fsp3) is 0.353. The summed E-state index contributed by atoms with van der Waals surface area (Å²) < 4.78 is 0. The summed E-state index contributed by atoms with van der Waals surface area (Å²) in [6.07, 6.45) is 5.48. The van der Waals surface area contributed by atoms with Crippen LogP contribution >= 0.6 is 0 Å². The third-order valence-electron chi connectivity index (χ3n) is 8.05. The Morgan fingerprint density at radius 3 is 2.05 bits per heavy atom. The number of anilines is 2. The lowest BCUT2D eigenvalue weighted by molar-refractivity contribution is 0.0696. The van der Waals surface area contributed by atoms with E-state index in [9.17, 15) is 9.59 Å². The van der Waals surface area contributed by atoms with Crippen LogP contribution in [0.15, 0.2) is 66.7 Å². The van der Waals surface area contributed by atoms with Gasteiger partial charge in [0.15, 0.2) is 5.78 Å². The fourth-order valence-corrected chi connectivity index (χ4v) is 5.46.